The molecule has 0 bridgehead atoms. The third-order valence-corrected chi connectivity index (χ3v) is 2.20. The first kappa shape index (κ1) is 8.35. The van der Waals surface area contributed by atoms with Gasteiger partial charge in [-0.05, 0) is 18.6 Å². The van der Waals surface area contributed by atoms with Crippen LogP contribution in [0.25, 0.3) is 0 Å². The van der Waals surface area contributed by atoms with Crippen LogP contribution >= 0.6 is 11.8 Å². The molecule has 0 aliphatic heterocycles. The molecule has 0 saturated heterocycles. The van der Waals surface area contributed by atoms with Crippen molar-refractivity contribution < 1.29 is 0 Å². The average Bonchev–Trinajstić information content (AvgIpc) is 1.65. The van der Waals surface area contributed by atoms with E-state index in [9.17, 15) is 0 Å². The second-order valence-electron chi connectivity index (χ2n) is 2.68. The molecule has 0 spiro atoms. The molecule has 0 amide bonds. The van der Waals surface area contributed by atoms with E-state index in [2.05, 4.69) is 27.0 Å². The van der Waals surface area contributed by atoms with Gasteiger partial charge in [-0.15, -0.1) is 0 Å². The highest BCUT2D eigenvalue weighted by molar-refractivity contribution is 7.99. The second-order valence-corrected chi connectivity index (χ2v) is 3.95. The molecular weight excluding hydrogens is 116 g/mol. The highest BCUT2D eigenvalue weighted by Crippen LogP contribution is 2.14. The maximum absolute atomic E-state index is 2.28. The smallest absolute Gasteiger partial charge is 0.00183 e. The lowest BCUT2D eigenvalue weighted by Crippen LogP contribution is -1.99. The molecule has 0 rings (SSSR count). The van der Waals surface area contributed by atoms with Crippen LogP contribution in [0, 0.1) is 5.92 Å². The van der Waals surface area contributed by atoms with Crippen molar-refractivity contribution in [3.8, 4) is 0 Å². The zero-order chi connectivity index (χ0) is 6.57. The van der Waals surface area contributed by atoms with Gasteiger partial charge in [0.2, 0.25) is 0 Å². The van der Waals surface area contributed by atoms with Crippen molar-refractivity contribution in [2.45, 2.75) is 32.4 Å². The lowest BCUT2D eigenvalue weighted by Gasteiger charge is -2.09. The van der Waals surface area contributed by atoms with Gasteiger partial charge in [0.15, 0.2) is 0 Å². The fourth-order valence-corrected chi connectivity index (χ4v) is 1.34. The Kier molecular flexibility index (Phi) is 4.44. The van der Waals surface area contributed by atoms with Crippen molar-refractivity contribution in [1.82, 2.24) is 0 Å². The van der Waals surface area contributed by atoms with Crippen LogP contribution in [0.3, 0.4) is 0 Å². The molecule has 0 N–H and O–H groups in total. The lowest BCUT2D eigenvalue weighted by atomic mass is 10.1. The first-order valence-electron chi connectivity index (χ1n) is 3.19. The number of hydrogen-bond acceptors (Lipinski definition) is 1. The summed E-state index contributed by atoms with van der Waals surface area (Å²) in [5, 5.41) is 0.843. The average molecular weight is 132 g/mol. The summed E-state index contributed by atoms with van der Waals surface area (Å²) in [6.45, 7) is 6.82. The Morgan fingerprint density at radius 1 is 1.25 bits per heavy atom. The summed E-state index contributed by atoms with van der Waals surface area (Å²) in [6, 6.07) is 0. The molecule has 0 aromatic heterocycles. The Balaban J connectivity index is 3.10. The van der Waals surface area contributed by atoms with Gasteiger partial charge in [-0.1, -0.05) is 20.8 Å². The molecule has 0 aliphatic rings. The van der Waals surface area contributed by atoms with Gasteiger partial charge in [-0.25, -0.2) is 0 Å². The van der Waals surface area contributed by atoms with E-state index in [0.29, 0.717) is 0 Å². The largest absolute Gasteiger partial charge is 0.162 e. The van der Waals surface area contributed by atoms with E-state index in [1.807, 2.05) is 11.8 Å². The van der Waals surface area contributed by atoms with E-state index >= 15 is 0 Å². The predicted octanol–water partition coefficient (Wildman–Crippen LogP) is 2.78. The van der Waals surface area contributed by atoms with Gasteiger partial charge in [-0.2, -0.15) is 11.8 Å². The maximum Gasteiger partial charge on any atom is 0.00183 e. The monoisotopic (exact) mass is 132 g/mol. The van der Waals surface area contributed by atoms with E-state index in [-0.39, 0.29) is 0 Å². The van der Waals surface area contributed by atoms with Crippen LogP contribution in [0.4, 0.5) is 0 Å². The highest BCUT2D eigenvalue weighted by atomic mass is 32.2. The third kappa shape index (κ3) is 4.51. The normalized spacial score (nSPS) is 14.6. The van der Waals surface area contributed by atoms with Gasteiger partial charge in [0.1, 0.15) is 0 Å². The Bertz CT molecular complexity index is 50.3. The van der Waals surface area contributed by atoms with Crippen LogP contribution in [0.1, 0.15) is 27.2 Å². The summed E-state index contributed by atoms with van der Waals surface area (Å²) in [5.41, 5.74) is 0. The standard InChI is InChI=1S/C7H16S/c1-6(2)5-7(3)8-4/h6-7H,5H2,1-4H3/t7-/m1/s1. The van der Waals surface area contributed by atoms with Crippen molar-refractivity contribution in [3.63, 3.8) is 0 Å². The summed E-state index contributed by atoms with van der Waals surface area (Å²) in [7, 11) is 0. The zero-order valence-electron chi connectivity index (χ0n) is 6.27. The summed E-state index contributed by atoms with van der Waals surface area (Å²) >= 11 is 1.95. The minimum absolute atomic E-state index is 0.843. The lowest BCUT2D eigenvalue weighted by molar-refractivity contribution is 0.585. The van der Waals surface area contributed by atoms with Crippen molar-refractivity contribution in [1.29, 1.82) is 0 Å². The van der Waals surface area contributed by atoms with Crippen molar-refractivity contribution >= 4 is 11.8 Å². The molecule has 50 valence electrons. The van der Waals surface area contributed by atoms with E-state index in [0.717, 1.165) is 11.2 Å². The maximum atomic E-state index is 2.28. The van der Waals surface area contributed by atoms with E-state index in [4.69, 9.17) is 0 Å². The van der Waals surface area contributed by atoms with Gasteiger partial charge in [0.25, 0.3) is 0 Å². The van der Waals surface area contributed by atoms with Crippen LogP contribution in [-0.4, -0.2) is 11.5 Å². The molecule has 0 fully saturated rings. The van der Waals surface area contributed by atoms with Crippen LogP contribution in [0.15, 0.2) is 0 Å². The molecule has 0 heterocycles. The van der Waals surface area contributed by atoms with Gasteiger partial charge in [0.05, 0.1) is 0 Å². The molecule has 0 aromatic carbocycles. The van der Waals surface area contributed by atoms with Crippen molar-refractivity contribution in [3.05, 3.63) is 0 Å². The molecule has 0 nitrogen and oxygen atoms in total. The summed E-state index contributed by atoms with van der Waals surface area (Å²) in [5.74, 6) is 0.859. The SMILES string of the molecule is CS[C@H](C)CC(C)C. The molecular formula is C7H16S. The Hall–Kier alpha value is 0.350. The summed E-state index contributed by atoms with van der Waals surface area (Å²) < 4.78 is 0. The third-order valence-electron chi connectivity index (χ3n) is 1.21. The van der Waals surface area contributed by atoms with Crippen molar-refractivity contribution in [2.24, 2.45) is 5.92 Å². The Morgan fingerprint density at radius 3 is 1.88 bits per heavy atom. The minimum Gasteiger partial charge on any atom is -0.162 e. The molecule has 0 radical (unpaired) electrons. The van der Waals surface area contributed by atoms with Gasteiger partial charge in [-0.3, -0.25) is 0 Å². The van der Waals surface area contributed by atoms with E-state index in [1.165, 1.54) is 6.42 Å². The fraction of sp³-hybridized carbons (Fsp3) is 1.00. The van der Waals surface area contributed by atoms with E-state index in [1.54, 1.807) is 0 Å². The predicted molar refractivity (Wildman–Crippen MR) is 42.4 cm³/mol. The Labute approximate surface area is 57.1 Å². The van der Waals surface area contributed by atoms with Gasteiger partial charge in [0, 0.05) is 5.25 Å². The molecule has 0 aromatic rings. The summed E-state index contributed by atoms with van der Waals surface area (Å²) in [4.78, 5) is 0. The summed E-state index contributed by atoms with van der Waals surface area (Å²) in [6.07, 6.45) is 3.52. The molecule has 1 heteroatoms. The number of rotatable bonds is 3. The quantitative estimate of drug-likeness (QED) is 0.569. The molecule has 0 unspecified atom stereocenters. The molecule has 0 saturated carbocycles. The van der Waals surface area contributed by atoms with Gasteiger partial charge >= 0.3 is 0 Å². The molecule has 8 heavy (non-hydrogen) atoms. The molecule has 0 aliphatic carbocycles. The number of thioether (sulfide) groups is 1. The second kappa shape index (κ2) is 4.25. The van der Waals surface area contributed by atoms with Crippen LogP contribution in [-0.2, 0) is 0 Å². The fourth-order valence-electron chi connectivity index (χ4n) is 0.760. The van der Waals surface area contributed by atoms with Gasteiger partial charge < -0.3 is 0 Å². The van der Waals surface area contributed by atoms with Crippen molar-refractivity contribution in [2.75, 3.05) is 6.26 Å². The van der Waals surface area contributed by atoms with Crippen LogP contribution in [0.5, 0.6) is 0 Å². The topological polar surface area (TPSA) is 0 Å². The Morgan fingerprint density at radius 2 is 1.75 bits per heavy atom. The number of hydrogen-bond donors (Lipinski definition) is 0. The molecule has 1 atom stereocenters. The van der Waals surface area contributed by atoms with Crippen LogP contribution in [0.2, 0.25) is 0 Å². The highest BCUT2D eigenvalue weighted by Gasteiger charge is 2.00. The van der Waals surface area contributed by atoms with E-state index < -0.39 is 0 Å². The minimum atomic E-state index is 0.843. The first-order valence-corrected chi connectivity index (χ1v) is 4.48. The van der Waals surface area contributed by atoms with Crippen LogP contribution < -0.4 is 0 Å². The zero-order valence-corrected chi connectivity index (χ0v) is 7.09. The first-order chi connectivity index (χ1) is 3.66.